The zero-order valence-corrected chi connectivity index (χ0v) is 18.6. The van der Waals surface area contributed by atoms with E-state index >= 15 is 0 Å². The SMILES string of the molecule is Cc1nc(C(=O)NCC2CN(S(=O)(=O)c3ccc(F)cc3)c3cc(NC(=O)O)ccc3O2)c[nH]1. The molecule has 0 saturated carbocycles. The molecule has 0 saturated heterocycles. The van der Waals surface area contributed by atoms with Gasteiger partial charge in [0.05, 0.1) is 23.7 Å². The average molecular weight is 489 g/mol. The van der Waals surface area contributed by atoms with Crippen LogP contribution in [0.25, 0.3) is 0 Å². The minimum Gasteiger partial charge on any atom is -0.484 e. The summed E-state index contributed by atoms with van der Waals surface area (Å²) in [6, 6.07) is 8.50. The van der Waals surface area contributed by atoms with Crippen molar-refractivity contribution in [3.8, 4) is 5.75 Å². The van der Waals surface area contributed by atoms with Crippen molar-refractivity contribution >= 4 is 33.4 Å². The van der Waals surface area contributed by atoms with Crippen LogP contribution in [0.2, 0.25) is 0 Å². The Bertz CT molecular complexity index is 1340. The van der Waals surface area contributed by atoms with E-state index in [0.29, 0.717) is 5.82 Å². The molecule has 34 heavy (non-hydrogen) atoms. The summed E-state index contributed by atoms with van der Waals surface area (Å²) in [5.74, 6) is -0.325. The average Bonchev–Trinajstić information content (AvgIpc) is 3.23. The molecule has 13 heteroatoms. The third kappa shape index (κ3) is 4.78. The first kappa shape index (κ1) is 23.0. The summed E-state index contributed by atoms with van der Waals surface area (Å²) in [6.45, 7) is 1.47. The van der Waals surface area contributed by atoms with Crippen LogP contribution in [0.15, 0.2) is 53.6 Å². The highest BCUT2D eigenvalue weighted by molar-refractivity contribution is 7.92. The van der Waals surface area contributed by atoms with Gasteiger partial charge in [-0.15, -0.1) is 0 Å². The molecular weight excluding hydrogens is 469 g/mol. The zero-order valence-electron chi connectivity index (χ0n) is 17.8. The lowest BCUT2D eigenvalue weighted by Gasteiger charge is -2.35. The maximum Gasteiger partial charge on any atom is 0.409 e. The molecule has 3 aromatic rings. The fourth-order valence-corrected chi connectivity index (χ4v) is 4.91. The number of amides is 2. The van der Waals surface area contributed by atoms with E-state index in [4.69, 9.17) is 9.84 Å². The molecule has 1 aromatic heterocycles. The second kappa shape index (κ2) is 9.02. The Hall–Kier alpha value is -4.13. The molecule has 2 amide bonds. The van der Waals surface area contributed by atoms with Gasteiger partial charge in [0.1, 0.15) is 29.2 Å². The Morgan fingerprint density at radius 2 is 2.00 bits per heavy atom. The van der Waals surface area contributed by atoms with E-state index in [9.17, 15) is 22.4 Å². The highest BCUT2D eigenvalue weighted by Gasteiger charge is 2.35. The molecule has 0 aliphatic carbocycles. The molecule has 0 fully saturated rings. The molecule has 11 nitrogen and oxygen atoms in total. The summed E-state index contributed by atoms with van der Waals surface area (Å²) < 4.78 is 47.1. The summed E-state index contributed by atoms with van der Waals surface area (Å²) in [4.78, 5) is 30.1. The minimum atomic E-state index is -4.18. The lowest BCUT2D eigenvalue weighted by Crippen LogP contribution is -2.48. The van der Waals surface area contributed by atoms with E-state index in [1.807, 2.05) is 0 Å². The summed E-state index contributed by atoms with van der Waals surface area (Å²) in [5, 5.41) is 13.8. The molecule has 0 bridgehead atoms. The van der Waals surface area contributed by atoms with Gasteiger partial charge in [0.15, 0.2) is 0 Å². The number of nitrogens with one attached hydrogen (secondary N) is 3. The monoisotopic (exact) mass is 489 g/mol. The number of aryl methyl sites for hydroxylation is 1. The molecule has 1 aliphatic rings. The molecule has 2 heterocycles. The Balaban J connectivity index is 1.64. The Labute approximate surface area is 193 Å². The van der Waals surface area contributed by atoms with Crippen molar-refractivity contribution in [2.24, 2.45) is 0 Å². The predicted molar refractivity (Wildman–Crippen MR) is 119 cm³/mol. The number of rotatable bonds is 6. The number of aromatic nitrogens is 2. The number of fused-ring (bicyclic) bond motifs is 1. The van der Waals surface area contributed by atoms with Crippen LogP contribution in [-0.4, -0.2) is 54.7 Å². The first-order chi connectivity index (χ1) is 16.1. The van der Waals surface area contributed by atoms with Gasteiger partial charge >= 0.3 is 6.09 Å². The molecule has 0 spiro atoms. The molecule has 1 atom stereocenters. The molecule has 4 rings (SSSR count). The van der Waals surface area contributed by atoms with Crippen molar-refractivity contribution in [2.75, 3.05) is 22.7 Å². The molecule has 2 aromatic carbocycles. The third-order valence-corrected chi connectivity index (χ3v) is 6.77. The summed E-state index contributed by atoms with van der Waals surface area (Å²) in [6.07, 6.45) is -0.645. The number of benzene rings is 2. The number of H-pyrrole nitrogens is 1. The minimum absolute atomic E-state index is 0.0330. The van der Waals surface area contributed by atoms with Crippen LogP contribution in [0.5, 0.6) is 5.75 Å². The van der Waals surface area contributed by atoms with Crippen LogP contribution >= 0.6 is 0 Å². The van der Waals surface area contributed by atoms with Crippen molar-refractivity contribution < 1.29 is 32.2 Å². The third-order valence-electron chi connectivity index (χ3n) is 4.97. The van der Waals surface area contributed by atoms with Gasteiger partial charge in [0.25, 0.3) is 15.9 Å². The number of aromatic amines is 1. The van der Waals surface area contributed by atoms with Crippen LogP contribution in [0, 0.1) is 12.7 Å². The van der Waals surface area contributed by atoms with Crippen LogP contribution in [0.1, 0.15) is 16.3 Å². The number of hydrogen-bond acceptors (Lipinski definition) is 6. The van der Waals surface area contributed by atoms with Gasteiger partial charge < -0.3 is 20.1 Å². The van der Waals surface area contributed by atoms with Gasteiger partial charge in [0.2, 0.25) is 0 Å². The molecule has 4 N–H and O–H groups in total. The van der Waals surface area contributed by atoms with Gasteiger partial charge in [-0.25, -0.2) is 22.6 Å². The van der Waals surface area contributed by atoms with Gasteiger partial charge in [-0.3, -0.25) is 14.4 Å². The van der Waals surface area contributed by atoms with Crippen molar-refractivity contribution in [2.45, 2.75) is 17.9 Å². The second-order valence-corrected chi connectivity index (χ2v) is 9.29. The van der Waals surface area contributed by atoms with Crippen LogP contribution in [0.4, 0.5) is 20.6 Å². The lowest BCUT2D eigenvalue weighted by molar-refractivity contribution is 0.0923. The van der Waals surface area contributed by atoms with Crippen molar-refractivity contribution in [3.05, 3.63) is 66.0 Å². The van der Waals surface area contributed by atoms with Crippen LogP contribution in [0.3, 0.4) is 0 Å². The predicted octanol–water partition coefficient (Wildman–Crippen LogP) is 2.33. The van der Waals surface area contributed by atoms with E-state index in [2.05, 4.69) is 20.6 Å². The summed E-state index contributed by atoms with van der Waals surface area (Å²) in [5.41, 5.74) is 0.407. The van der Waals surface area contributed by atoms with Crippen molar-refractivity contribution in [1.82, 2.24) is 15.3 Å². The smallest absolute Gasteiger partial charge is 0.409 e. The summed E-state index contributed by atoms with van der Waals surface area (Å²) in [7, 11) is -4.18. The zero-order chi connectivity index (χ0) is 24.5. The van der Waals surface area contributed by atoms with E-state index in [0.717, 1.165) is 28.6 Å². The molecule has 1 unspecified atom stereocenters. The molecule has 178 valence electrons. The van der Waals surface area contributed by atoms with Crippen LogP contribution in [-0.2, 0) is 10.0 Å². The van der Waals surface area contributed by atoms with Gasteiger partial charge in [0, 0.05) is 11.9 Å². The lowest BCUT2D eigenvalue weighted by atomic mass is 10.2. The Kier molecular flexibility index (Phi) is 6.11. The molecule has 0 radical (unpaired) electrons. The fraction of sp³-hybridized carbons (Fsp3) is 0.190. The van der Waals surface area contributed by atoms with E-state index < -0.39 is 33.9 Å². The number of ether oxygens (including phenoxy) is 1. The topological polar surface area (TPSA) is 154 Å². The normalized spacial score (nSPS) is 15.2. The van der Waals surface area contributed by atoms with Crippen molar-refractivity contribution in [1.29, 1.82) is 0 Å². The first-order valence-corrected chi connectivity index (χ1v) is 11.5. The van der Waals surface area contributed by atoms with E-state index in [1.54, 1.807) is 6.92 Å². The Morgan fingerprint density at radius 1 is 1.26 bits per heavy atom. The quantitative estimate of drug-likeness (QED) is 0.414. The number of sulfonamides is 1. The maximum absolute atomic E-state index is 13.4. The van der Waals surface area contributed by atoms with Gasteiger partial charge in [-0.2, -0.15) is 0 Å². The van der Waals surface area contributed by atoms with E-state index in [-0.39, 0.29) is 40.8 Å². The molecular formula is C21H20FN5O6S. The number of anilines is 2. The summed E-state index contributed by atoms with van der Waals surface area (Å²) >= 11 is 0. The standard InChI is InChI=1S/C21H20FN5O6S/c1-12-23-10-17(25-12)20(28)24-9-15-11-27(34(31,32)16-5-2-13(22)3-6-16)18-8-14(26-21(29)30)4-7-19(18)33-15/h2-8,10,15,26H,9,11H2,1H3,(H,23,25)(H,24,28)(H,29,30). The number of halogens is 1. The highest BCUT2D eigenvalue weighted by atomic mass is 32.2. The fourth-order valence-electron chi connectivity index (χ4n) is 3.41. The number of nitrogens with zero attached hydrogens (tertiary/aromatic N) is 2. The Morgan fingerprint density at radius 3 is 2.65 bits per heavy atom. The number of carboxylic acid groups (broad SMARTS) is 1. The number of imidazole rings is 1. The maximum atomic E-state index is 13.4. The second-order valence-electron chi connectivity index (χ2n) is 7.42. The van der Waals surface area contributed by atoms with Gasteiger partial charge in [-0.05, 0) is 49.4 Å². The number of carbonyl (C=O) groups is 2. The highest BCUT2D eigenvalue weighted by Crippen LogP contribution is 2.39. The van der Waals surface area contributed by atoms with Crippen LogP contribution < -0.4 is 19.7 Å². The number of hydrogen-bond donors (Lipinski definition) is 4. The largest absolute Gasteiger partial charge is 0.484 e. The van der Waals surface area contributed by atoms with Crippen molar-refractivity contribution in [3.63, 3.8) is 0 Å². The number of carbonyl (C=O) groups excluding carboxylic acids is 1. The molecule has 1 aliphatic heterocycles. The van der Waals surface area contributed by atoms with E-state index in [1.165, 1.54) is 24.4 Å². The van der Waals surface area contributed by atoms with Gasteiger partial charge in [-0.1, -0.05) is 0 Å². The first-order valence-electron chi connectivity index (χ1n) is 10.0.